The molecule has 0 fully saturated rings. The van der Waals surface area contributed by atoms with E-state index >= 15 is 0 Å². The van der Waals surface area contributed by atoms with Crippen LogP contribution in [0, 0.1) is 0 Å². The van der Waals surface area contributed by atoms with E-state index in [1.54, 1.807) is 6.20 Å². The Kier molecular flexibility index (Phi) is 4.82. The van der Waals surface area contributed by atoms with Crippen molar-refractivity contribution < 1.29 is 4.79 Å². The molecule has 22 heavy (non-hydrogen) atoms. The fraction of sp³-hybridized carbons (Fsp3) is 0.250. The second kappa shape index (κ2) is 7.20. The van der Waals surface area contributed by atoms with Gasteiger partial charge in [-0.3, -0.25) is 10.2 Å². The number of hydrogen-bond acceptors (Lipinski definition) is 4. The van der Waals surface area contributed by atoms with Crippen LogP contribution in [0.5, 0.6) is 0 Å². The zero-order chi connectivity index (χ0) is 15.2. The third kappa shape index (κ3) is 3.93. The number of rotatable bonds is 5. The number of carbonyl (C=O) groups excluding carboxylic acids is 1. The fourth-order valence-electron chi connectivity index (χ4n) is 2.24. The van der Waals surface area contributed by atoms with Crippen LogP contribution in [-0.2, 0) is 0 Å². The van der Waals surface area contributed by atoms with Crippen LogP contribution >= 0.6 is 11.3 Å². The van der Waals surface area contributed by atoms with Crippen LogP contribution in [0.15, 0.2) is 48.7 Å². The van der Waals surface area contributed by atoms with Crippen molar-refractivity contribution in [3.8, 4) is 10.4 Å². The summed E-state index contributed by atoms with van der Waals surface area (Å²) in [5.41, 5.74) is 1.11. The van der Waals surface area contributed by atoms with Gasteiger partial charge >= 0.3 is 6.03 Å². The predicted molar refractivity (Wildman–Crippen MR) is 90.2 cm³/mol. The lowest BCUT2D eigenvalue weighted by molar-refractivity contribution is 0.250. The predicted octanol–water partition coefficient (Wildman–Crippen LogP) is 2.80. The van der Waals surface area contributed by atoms with Crippen molar-refractivity contribution in [1.29, 1.82) is 0 Å². The quantitative estimate of drug-likeness (QED) is 0.834. The first-order valence-electron chi connectivity index (χ1n) is 7.25. The van der Waals surface area contributed by atoms with Gasteiger partial charge in [-0.25, -0.2) is 9.78 Å². The van der Waals surface area contributed by atoms with Crippen molar-refractivity contribution in [1.82, 2.24) is 15.2 Å². The molecule has 0 radical (unpaired) electrons. The van der Waals surface area contributed by atoms with Gasteiger partial charge < -0.3 is 5.32 Å². The lowest BCUT2D eigenvalue weighted by Crippen LogP contribution is -2.36. The summed E-state index contributed by atoms with van der Waals surface area (Å²) in [6.07, 6.45) is 6.06. The van der Waals surface area contributed by atoms with Crippen molar-refractivity contribution in [2.75, 3.05) is 31.5 Å². The van der Waals surface area contributed by atoms with E-state index in [0.29, 0.717) is 11.7 Å². The molecule has 1 aliphatic heterocycles. The monoisotopic (exact) mass is 314 g/mol. The van der Waals surface area contributed by atoms with Crippen LogP contribution in [0.2, 0.25) is 0 Å². The van der Waals surface area contributed by atoms with E-state index in [-0.39, 0.29) is 6.03 Å². The Morgan fingerprint density at radius 3 is 2.77 bits per heavy atom. The molecule has 6 heteroatoms. The third-order valence-electron chi connectivity index (χ3n) is 3.39. The number of urea groups is 1. The standard InChI is InChI=1S/C16H18N4OS/c21-15(17-8-11-20-9-4-5-10-20)19-16-18-12-14(22-16)13-6-2-1-3-7-13/h1-7,12H,8-11H2,(H2,17,18,19,21). The summed E-state index contributed by atoms with van der Waals surface area (Å²) < 4.78 is 0. The van der Waals surface area contributed by atoms with E-state index in [0.717, 1.165) is 30.1 Å². The molecule has 2 amide bonds. The molecule has 1 aliphatic rings. The van der Waals surface area contributed by atoms with Gasteiger partial charge in [-0.05, 0) is 5.56 Å². The Labute approximate surface area is 133 Å². The van der Waals surface area contributed by atoms with Crippen LogP contribution in [0.4, 0.5) is 9.93 Å². The lowest BCUT2D eigenvalue weighted by Gasteiger charge is -2.14. The molecule has 5 nitrogen and oxygen atoms in total. The molecule has 2 heterocycles. The number of carbonyl (C=O) groups is 1. The highest BCUT2D eigenvalue weighted by Crippen LogP contribution is 2.28. The molecule has 0 atom stereocenters. The number of nitrogens with zero attached hydrogens (tertiary/aromatic N) is 2. The molecule has 0 unspecified atom stereocenters. The van der Waals surface area contributed by atoms with E-state index in [1.165, 1.54) is 11.3 Å². The molecule has 0 saturated carbocycles. The number of thiazole rings is 1. The minimum absolute atomic E-state index is 0.207. The summed E-state index contributed by atoms with van der Waals surface area (Å²) in [6, 6.07) is 9.81. The van der Waals surface area contributed by atoms with Crippen LogP contribution in [0.1, 0.15) is 0 Å². The molecule has 2 aromatic rings. The van der Waals surface area contributed by atoms with E-state index in [4.69, 9.17) is 0 Å². The van der Waals surface area contributed by atoms with Crippen LogP contribution < -0.4 is 10.6 Å². The minimum atomic E-state index is -0.207. The first-order chi connectivity index (χ1) is 10.8. The number of hydrogen-bond donors (Lipinski definition) is 2. The maximum atomic E-state index is 11.8. The summed E-state index contributed by atoms with van der Waals surface area (Å²) >= 11 is 1.47. The number of anilines is 1. The topological polar surface area (TPSA) is 57.3 Å². The largest absolute Gasteiger partial charge is 0.337 e. The number of amides is 2. The zero-order valence-corrected chi connectivity index (χ0v) is 13.0. The Balaban J connectivity index is 1.46. The van der Waals surface area contributed by atoms with E-state index in [9.17, 15) is 4.79 Å². The second-order valence-corrected chi connectivity index (χ2v) is 6.04. The Morgan fingerprint density at radius 1 is 1.23 bits per heavy atom. The molecule has 0 bridgehead atoms. The average molecular weight is 314 g/mol. The van der Waals surface area contributed by atoms with Gasteiger partial charge in [0.1, 0.15) is 0 Å². The maximum Gasteiger partial charge on any atom is 0.321 e. The van der Waals surface area contributed by atoms with Crippen LogP contribution in [-0.4, -0.2) is 42.1 Å². The van der Waals surface area contributed by atoms with E-state index in [2.05, 4.69) is 32.7 Å². The molecule has 3 rings (SSSR count). The molecule has 114 valence electrons. The van der Waals surface area contributed by atoms with Crippen LogP contribution in [0.3, 0.4) is 0 Å². The van der Waals surface area contributed by atoms with Gasteiger partial charge in [0.05, 0.1) is 4.88 Å². The highest BCUT2D eigenvalue weighted by molar-refractivity contribution is 7.19. The van der Waals surface area contributed by atoms with Gasteiger partial charge in [-0.2, -0.15) is 0 Å². The maximum absolute atomic E-state index is 11.8. The molecule has 0 aliphatic carbocycles. The van der Waals surface area contributed by atoms with Gasteiger partial charge in [0.15, 0.2) is 5.13 Å². The third-order valence-corrected chi connectivity index (χ3v) is 4.35. The highest BCUT2D eigenvalue weighted by Gasteiger charge is 2.09. The highest BCUT2D eigenvalue weighted by atomic mass is 32.1. The minimum Gasteiger partial charge on any atom is -0.337 e. The second-order valence-electron chi connectivity index (χ2n) is 5.01. The van der Waals surface area contributed by atoms with Gasteiger partial charge in [-0.15, -0.1) is 0 Å². The van der Waals surface area contributed by atoms with Gasteiger partial charge in [0.25, 0.3) is 0 Å². The SMILES string of the molecule is O=C(NCCN1CC=CC1)Nc1ncc(-c2ccccc2)s1. The molecular weight excluding hydrogens is 296 g/mol. The summed E-state index contributed by atoms with van der Waals surface area (Å²) in [5, 5.41) is 6.25. The molecule has 2 N–H and O–H groups in total. The molecule has 1 aromatic heterocycles. The first-order valence-corrected chi connectivity index (χ1v) is 8.06. The normalized spacial score (nSPS) is 14.2. The number of benzene rings is 1. The Hall–Kier alpha value is -2.18. The van der Waals surface area contributed by atoms with Gasteiger partial charge in [-0.1, -0.05) is 53.8 Å². The van der Waals surface area contributed by atoms with Crippen molar-refractivity contribution in [2.45, 2.75) is 0 Å². The smallest absolute Gasteiger partial charge is 0.321 e. The lowest BCUT2D eigenvalue weighted by atomic mass is 10.2. The number of nitrogens with one attached hydrogen (secondary N) is 2. The van der Waals surface area contributed by atoms with Crippen molar-refractivity contribution in [3.63, 3.8) is 0 Å². The number of aromatic nitrogens is 1. The summed E-state index contributed by atoms with van der Waals surface area (Å²) in [5.74, 6) is 0. The van der Waals surface area contributed by atoms with Crippen molar-refractivity contribution >= 4 is 22.5 Å². The summed E-state index contributed by atoms with van der Waals surface area (Å²) in [4.78, 5) is 19.4. The van der Waals surface area contributed by atoms with Crippen molar-refractivity contribution in [2.24, 2.45) is 0 Å². The van der Waals surface area contributed by atoms with Gasteiger partial charge in [0.2, 0.25) is 0 Å². The van der Waals surface area contributed by atoms with E-state index in [1.807, 2.05) is 30.3 Å². The zero-order valence-electron chi connectivity index (χ0n) is 12.2. The van der Waals surface area contributed by atoms with E-state index < -0.39 is 0 Å². The van der Waals surface area contributed by atoms with Gasteiger partial charge in [0, 0.05) is 32.4 Å². The molecular formula is C16H18N4OS. The first kappa shape index (κ1) is 14.7. The Morgan fingerprint density at radius 2 is 2.00 bits per heavy atom. The molecule has 0 saturated heterocycles. The fourth-order valence-corrected chi connectivity index (χ4v) is 3.06. The van der Waals surface area contributed by atoms with Crippen LogP contribution in [0.25, 0.3) is 10.4 Å². The molecule has 0 spiro atoms. The Bertz CT molecular complexity index is 645. The van der Waals surface area contributed by atoms with Crippen molar-refractivity contribution in [3.05, 3.63) is 48.7 Å². The summed E-state index contributed by atoms with van der Waals surface area (Å²) in [7, 11) is 0. The summed E-state index contributed by atoms with van der Waals surface area (Å²) in [6.45, 7) is 3.42. The molecule has 1 aromatic carbocycles. The average Bonchev–Trinajstić information content (AvgIpc) is 3.20.